The van der Waals surface area contributed by atoms with Crippen LogP contribution in [0, 0.1) is 6.92 Å². The van der Waals surface area contributed by atoms with Gasteiger partial charge in [-0.3, -0.25) is 4.90 Å². The average molecular weight is 521 g/mol. The number of fused-ring (bicyclic) bond motifs is 1. The molecule has 0 radical (unpaired) electrons. The van der Waals surface area contributed by atoms with Crippen LogP contribution >= 0.6 is 27.7 Å². The summed E-state index contributed by atoms with van der Waals surface area (Å²) < 4.78 is 68.2. The van der Waals surface area contributed by atoms with Crippen molar-refractivity contribution >= 4 is 48.6 Å². The molecule has 0 fully saturated rings. The van der Waals surface area contributed by atoms with Gasteiger partial charge in [-0.2, -0.15) is 13.2 Å². The molecular weight excluding hydrogens is 501 g/mol. The van der Waals surface area contributed by atoms with Gasteiger partial charge in [-0.15, -0.1) is 11.8 Å². The van der Waals surface area contributed by atoms with Crippen molar-refractivity contribution < 1.29 is 21.6 Å². The maximum Gasteiger partial charge on any atom is 0.416 e. The number of aromatic nitrogens is 1. The van der Waals surface area contributed by atoms with E-state index in [-0.39, 0.29) is 5.37 Å². The summed E-state index contributed by atoms with van der Waals surface area (Å²) in [6.07, 6.45) is -4.63. The Hall–Kier alpha value is -1.49. The lowest BCUT2D eigenvalue weighted by atomic mass is 10.2. The fraction of sp³-hybridized carbons (Fsp3) is 0.300. The molecule has 3 aromatic rings. The summed E-state index contributed by atoms with van der Waals surface area (Å²) in [6.45, 7) is 3.66. The van der Waals surface area contributed by atoms with Crippen LogP contribution in [0.5, 0.6) is 0 Å². The van der Waals surface area contributed by atoms with E-state index < -0.39 is 26.7 Å². The topological polar surface area (TPSA) is 42.3 Å². The van der Waals surface area contributed by atoms with Crippen molar-refractivity contribution in [1.29, 1.82) is 0 Å². The van der Waals surface area contributed by atoms with Gasteiger partial charge < -0.3 is 0 Å². The first-order valence-electron chi connectivity index (χ1n) is 8.90. The van der Waals surface area contributed by atoms with E-state index in [4.69, 9.17) is 0 Å². The lowest BCUT2D eigenvalue weighted by Gasteiger charge is -2.19. The quantitative estimate of drug-likeness (QED) is 0.307. The van der Waals surface area contributed by atoms with Crippen LogP contribution in [-0.4, -0.2) is 36.8 Å². The Morgan fingerprint density at radius 1 is 1.13 bits per heavy atom. The average Bonchev–Trinajstić information content (AvgIpc) is 2.92. The van der Waals surface area contributed by atoms with Gasteiger partial charge in [0, 0.05) is 20.4 Å². The van der Waals surface area contributed by atoms with E-state index in [1.165, 1.54) is 17.8 Å². The first-order valence-corrected chi connectivity index (χ1v) is 12.0. The molecule has 0 saturated heterocycles. The molecule has 1 unspecified atom stereocenters. The predicted molar refractivity (Wildman–Crippen MR) is 117 cm³/mol. The van der Waals surface area contributed by atoms with Crippen LogP contribution in [0.2, 0.25) is 0 Å². The third-order valence-electron chi connectivity index (χ3n) is 4.77. The first kappa shape index (κ1) is 23.2. The summed E-state index contributed by atoms with van der Waals surface area (Å²) in [4.78, 5) is 2.35. The number of nitrogens with zero attached hydrogens (tertiary/aromatic N) is 2. The molecule has 0 spiro atoms. The molecule has 0 amide bonds. The third-order valence-corrected chi connectivity index (χ3v) is 8.58. The van der Waals surface area contributed by atoms with Gasteiger partial charge in [0.15, 0.2) is 0 Å². The van der Waals surface area contributed by atoms with Crippen molar-refractivity contribution in [2.75, 3.05) is 14.1 Å². The predicted octanol–water partition coefficient (Wildman–Crippen LogP) is 5.97. The number of hydrogen-bond donors (Lipinski definition) is 0. The van der Waals surface area contributed by atoms with Crippen LogP contribution in [0.3, 0.4) is 0 Å². The van der Waals surface area contributed by atoms with E-state index in [0.29, 0.717) is 17.3 Å². The van der Waals surface area contributed by atoms with Gasteiger partial charge in [0.2, 0.25) is 0 Å². The van der Waals surface area contributed by atoms with Crippen molar-refractivity contribution in [3.63, 3.8) is 0 Å². The molecule has 0 bridgehead atoms. The molecule has 10 heteroatoms. The molecule has 1 heterocycles. The highest BCUT2D eigenvalue weighted by Crippen LogP contribution is 2.40. The van der Waals surface area contributed by atoms with Crippen molar-refractivity contribution in [2.45, 2.75) is 35.2 Å². The Morgan fingerprint density at radius 3 is 2.40 bits per heavy atom. The summed E-state index contributed by atoms with van der Waals surface area (Å²) in [6, 6.07) is 9.02. The highest BCUT2D eigenvalue weighted by atomic mass is 79.9. The van der Waals surface area contributed by atoms with Gasteiger partial charge in [-0.05, 0) is 64.3 Å². The standard InChI is InChI=1S/C20H20BrF3N2O2S2/c1-12-19(29-13(2)25(3)4)17-11-15(21)8-9-18(17)26(12)30(27,28)16-7-5-6-14(10-16)20(22,23)24/h5-11,13H,1-4H3. The molecule has 2 aromatic carbocycles. The Balaban J connectivity index is 2.27. The largest absolute Gasteiger partial charge is 0.416 e. The van der Waals surface area contributed by atoms with Crippen molar-refractivity contribution in [3.05, 3.63) is 58.2 Å². The smallest absolute Gasteiger partial charge is 0.298 e. The van der Waals surface area contributed by atoms with E-state index in [0.717, 1.165) is 30.9 Å². The zero-order chi connectivity index (χ0) is 22.4. The number of alkyl halides is 3. The van der Waals surface area contributed by atoms with Crippen LogP contribution in [0.15, 0.2) is 56.7 Å². The van der Waals surface area contributed by atoms with Crippen LogP contribution in [0.4, 0.5) is 13.2 Å². The molecule has 0 aliphatic rings. The SMILES string of the molecule is Cc1c(SC(C)N(C)C)c2cc(Br)ccc2n1S(=O)(=O)c1cccc(C(F)(F)F)c1. The van der Waals surface area contributed by atoms with E-state index in [1.807, 2.05) is 32.0 Å². The van der Waals surface area contributed by atoms with Gasteiger partial charge in [-0.1, -0.05) is 22.0 Å². The maximum atomic E-state index is 13.4. The van der Waals surface area contributed by atoms with Crippen molar-refractivity contribution in [1.82, 2.24) is 8.87 Å². The van der Waals surface area contributed by atoms with Crippen molar-refractivity contribution in [3.8, 4) is 0 Å². The van der Waals surface area contributed by atoms with Crippen LogP contribution < -0.4 is 0 Å². The van der Waals surface area contributed by atoms with Gasteiger partial charge in [0.05, 0.1) is 21.3 Å². The van der Waals surface area contributed by atoms with E-state index in [1.54, 1.807) is 19.1 Å². The van der Waals surface area contributed by atoms with E-state index in [9.17, 15) is 21.6 Å². The molecule has 0 N–H and O–H groups in total. The van der Waals surface area contributed by atoms with E-state index in [2.05, 4.69) is 15.9 Å². The van der Waals surface area contributed by atoms with Crippen LogP contribution in [-0.2, 0) is 16.2 Å². The highest BCUT2D eigenvalue weighted by molar-refractivity contribution is 9.10. The summed E-state index contributed by atoms with van der Waals surface area (Å²) in [5, 5.41) is 0.772. The number of benzene rings is 2. The summed E-state index contributed by atoms with van der Waals surface area (Å²) in [5.41, 5.74) is -0.128. The van der Waals surface area contributed by atoms with Crippen molar-refractivity contribution in [2.24, 2.45) is 0 Å². The van der Waals surface area contributed by atoms with Crippen LogP contribution in [0.25, 0.3) is 10.9 Å². The fourth-order valence-electron chi connectivity index (χ4n) is 3.01. The number of rotatable bonds is 5. The number of thioether (sulfide) groups is 1. The Kier molecular flexibility index (Phi) is 6.35. The minimum Gasteiger partial charge on any atom is -0.298 e. The summed E-state index contributed by atoms with van der Waals surface area (Å²) in [5.74, 6) is 0. The van der Waals surface area contributed by atoms with Gasteiger partial charge >= 0.3 is 6.18 Å². The molecule has 1 aromatic heterocycles. The molecule has 162 valence electrons. The third kappa shape index (κ3) is 4.28. The normalized spacial score (nSPS) is 13.9. The summed E-state index contributed by atoms with van der Waals surface area (Å²) in [7, 11) is -0.416. The zero-order valence-corrected chi connectivity index (χ0v) is 19.9. The lowest BCUT2D eigenvalue weighted by molar-refractivity contribution is -0.137. The number of hydrogen-bond acceptors (Lipinski definition) is 4. The second-order valence-corrected chi connectivity index (χ2v) is 11.1. The van der Waals surface area contributed by atoms with E-state index >= 15 is 0 Å². The Labute approximate surface area is 186 Å². The highest BCUT2D eigenvalue weighted by Gasteiger charge is 2.33. The van der Waals surface area contributed by atoms with Gasteiger partial charge in [0.1, 0.15) is 0 Å². The second kappa shape index (κ2) is 8.22. The molecule has 1 atom stereocenters. The maximum absolute atomic E-state index is 13.4. The molecule has 0 aliphatic heterocycles. The summed E-state index contributed by atoms with van der Waals surface area (Å²) >= 11 is 4.91. The Bertz CT molecular complexity index is 1200. The second-order valence-electron chi connectivity index (χ2n) is 7.05. The minimum atomic E-state index is -4.63. The molecule has 4 nitrogen and oxygen atoms in total. The van der Waals surface area contributed by atoms with Gasteiger partial charge in [-0.25, -0.2) is 12.4 Å². The zero-order valence-electron chi connectivity index (χ0n) is 16.7. The first-order chi connectivity index (χ1) is 13.8. The van der Waals surface area contributed by atoms with Gasteiger partial charge in [0.25, 0.3) is 10.0 Å². The number of halogens is 4. The molecule has 30 heavy (non-hydrogen) atoms. The minimum absolute atomic E-state index is 0.0537. The molecule has 0 aliphatic carbocycles. The molecule has 3 rings (SSSR count). The monoisotopic (exact) mass is 520 g/mol. The molecule has 0 saturated carbocycles. The molecular formula is C20H20BrF3N2O2S2. The van der Waals surface area contributed by atoms with Crippen LogP contribution in [0.1, 0.15) is 18.2 Å². The fourth-order valence-corrected chi connectivity index (χ4v) is 6.14. The lowest BCUT2D eigenvalue weighted by Crippen LogP contribution is -2.21. The Morgan fingerprint density at radius 2 is 1.80 bits per heavy atom.